The highest BCUT2D eigenvalue weighted by Crippen LogP contribution is 2.36. The minimum atomic E-state index is -0.0342. The molecule has 0 N–H and O–H groups in total. The van der Waals surface area contributed by atoms with E-state index < -0.39 is 0 Å². The molecule has 0 spiro atoms. The first-order chi connectivity index (χ1) is 10.1. The Labute approximate surface area is 129 Å². The van der Waals surface area contributed by atoms with Gasteiger partial charge in [0.25, 0.3) is 5.91 Å². The van der Waals surface area contributed by atoms with E-state index in [2.05, 4.69) is 6.92 Å². The maximum absolute atomic E-state index is 12.7. The van der Waals surface area contributed by atoms with Crippen molar-refractivity contribution in [3.8, 4) is 0 Å². The molecule has 0 radical (unpaired) electrons. The zero-order valence-corrected chi connectivity index (χ0v) is 12.9. The van der Waals surface area contributed by atoms with Crippen LogP contribution in [0.2, 0.25) is 5.02 Å². The molecule has 1 saturated carbocycles. The van der Waals surface area contributed by atoms with Crippen LogP contribution >= 0.6 is 11.6 Å². The SMILES string of the molecule is Cc1ccc(C(=O)N(C2CC2)C(C)c2ccc(Cl)cc2)o1. The van der Waals surface area contributed by atoms with Gasteiger partial charge in [-0.15, -0.1) is 0 Å². The summed E-state index contributed by atoms with van der Waals surface area (Å²) < 4.78 is 5.50. The standard InChI is InChI=1S/C17H18ClNO2/c1-11-3-10-16(21-11)17(20)19(15-8-9-15)12(2)13-4-6-14(18)7-5-13/h3-7,10,12,15H,8-9H2,1-2H3. The Morgan fingerprint density at radius 3 is 2.43 bits per heavy atom. The van der Waals surface area contributed by atoms with Crippen LogP contribution in [-0.2, 0) is 0 Å². The molecule has 1 fully saturated rings. The lowest BCUT2D eigenvalue weighted by atomic mass is 10.1. The molecule has 1 unspecified atom stereocenters. The third-order valence-electron chi connectivity index (χ3n) is 3.90. The van der Waals surface area contributed by atoms with Crippen molar-refractivity contribution in [3.05, 3.63) is 58.5 Å². The van der Waals surface area contributed by atoms with Gasteiger partial charge in [-0.25, -0.2) is 0 Å². The lowest BCUT2D eigenvalue weighted by molar-refractivity contribution is 0.0639. The monoisotopic (exact) mass is 303 g/mol. The normalized spacial score (nSPS) is 15.8. The van der Waals surface area contributed by atoms with Crippen molar-refractivity contribution in [3.63, 3.8) is 0 Å². The van der Waals surface area contributed by atoms with Crippen molar-refractivity contribution < 1.29 is 9.21 Å². The third-order valence-corrected chi connectivity index (χ3v) is 4.15. The summed E-state index contributed by atoms with van der Waals surface area (Å²) in [7, 11) is 0. The number of carbonyl (C=O) groups excluding carboxylic acids is 1. The fourth-order valence-corrected chi connectivity index (χ4v) is 2.72. The molecule has 1 amide bonds. The molecule has 0 aliphatic heterocycles. The molecule has 110 valence electrons. The first-order valence-electron chi connectivity index (χ1n) is 7.21. The number of amides is 1. The van der Waals surface area contributed by atoms with Gasteiger partial charge in [-0.05, 0) is 56.5 Å². The number of furan rings is 1. The zero-order chi connectivity index (χ0) is 15.0. The molecule has 0 saturated heterocycles. The predicted octanol–water partition coefficient (Wildman–Crippen LogP) is 4.61. The zero-order valence-electron chi connectivity index (χ0n) is 12.2. The van der Waals surface area contributed by atoms with Crippen molar-refractivity contribution >= 4 is 17.5 Å². The first kappa shape index (κ1) is 14.2. The Morgan fingerprint density at radius 1 is 1.24 bits per heavy atom. The number of aryl methyl sites for hydroxylation is 1. The summed E-state index contributed by atoms with van der Waals surface area (Å²) >= 11 is 5.94. The highest BCUT2D eigenvalue weighted by molar-refractivity contribution is 6.30. The molecule has 1 aromatic carbocycles. The number of hydrogen-bond donors (Lipinski definition) is 0. The lowest BCUT2D eigenvalue weighted by Crippen LogP contribution is -2.35. The molecule has 1 heterocycles. The quantitative estimate of drug-likeness (QED) is 0.826. The average molecular weight is 304 g/mol. The van der Waals surface area contributed by atoms with Crippen molar-refractivity contribution in [2.75, 3.05) is 0 Å². The van der Waals surface area contributed by atoms with E-state index in [1.807, 2.05) is 42.2 Å². The van der Waals surface area contributed by atoms with Crippen LogP contribution in [0.1, 0.15) is 47.7 Å². The molecule has 1 aliphatic carbocycles. The predicted molar refractivity (Wildman–Crippen MR) is 82.5 cm³/mol. The van der Waals surface area contributed by atoms with Gasteiger partial charge in [0.05, 0.1) is 6.04 Å². The van der Waals surface area contributed by atoms with Crippen LogP contribution in [0.5, 0.6) is 0 Å². The lowest BCUT2D eigenvalue weighted by Gasteiger charge is -2.29. The molecule has 3 rings (SSSR count). The van der Waals surface area contributed by atoms with Crippen LogP contribution in [0, 0.1) is 6.92 Å². The van der Waals surface area contributed by atoms with Crippen molar-refractivity contribution in [1.82, 2.24) is 4.90 Å². The third kappa shape index (κ3) is 2.98. The Morgan fingerprint density at radius 2 is 1.90 bits per heavy atom. The van der Waals surface area contributed by atoms with E-state index in [1.54, 1.807) is 6.07 Å². The first-order valence-corrected chi connectivity index (χ1v) is 7.58. The number of benzene rings is 1. The number of rotatable bonds is 4. The second-order valence-electron chi connectivity index (χ2n) is 5.58. The second-order valence-corrected chi connectivity index (χ2v) is 6.02. The van der Waals surface area contributed by atoms with Crippen LogP contribution in [0.25, 0.3) is 0 Å². The van der Waals surface area contributed by atoms with Crippen molar-refractivity contribution in [1.29, 1.82) is 0 Å². The van der Waals surface area contributed by atoms with Gasteiger partial charge in [0.1, 0.15) is 5.76 Å². The minimum absolute atomic E-state index is 0.00710. The number of nitrogens with zero attached hydrogens (tertiary/aromatic N) is 1. The Bertz CT molecular complexity index is 643. The summed E-state index contributed by atoms with van der Waals surface area (Å²) in [5.41, 5.74) is 1.09. The molecule has 2 aromatic rings. The van der Waals surface area contributed by atoms with Gasteiger partial charge in [0.2, 0.25) is 0 Å². The highest BCUT2D eigenvalue weighted by Gasteiger charge is 2.37. The fourth-order valence-electron chi connectivity index (χ4n) is 2.59. The maximum Gasteiger partial charge on any atom is 0.290 e. The van der Waals surface area contributed by atoms with Crippen molar-refractivity contribution in [2.24, 2.45) is 0 Å². The summed E-state index contributed by atoms with van der Waals surface area (Å²) in [5, 5.41) is 0.705. The molecule has 0 bridgehead atoms. The Hall–Kier alpha value is -1.74. The molecule has 4 heteroatoms. The molecule has 3 nitrogen and oxygen atoms in total. The van der Waals surface area contributed by atoms with E-state index in [4.69, 9.17) is 16.0 Å². The summed E-state index contributed by atoms with van der Waals surface area (Å²) in [5.74, 6) is 1.14. The van der Waals surface area contributed by atoms with Gasteiger partial charge in [-0.3, -0.25) is 4.79 Å². The molecular weight excluding hydrogens is 286 g/mol. The van der Waals surface area contributed by atoms with Gasteiger partial charge in [-0.2, -0.15) is 0 Å². The van der Waals surface area contributed by atoms with E-state index >= 15 is 0 Å². The van der Waals surface area contributed by atoms with Crippen LogP contribution in [0.15, 0.2) is 40.8 Å². The Balaban J connectivity index is 1.87. The molecule has 1 atom stereocenters. The van der Waals surface area contributed by atoms with Gasteiger partial charge in [0.15, 0.2) is 5.76 Å². The summed E-state index contributed by atoms with van der Waals surface area (Å²) in [6, 6.07) is 11.6. The fraction of sp³-hybridized carbons (Fsp3) is 0.353. The topological polar surface area (TPSA) is 33.5 Å². The second kappa shape index (κ2) is 5.57. The molecule has 1 aromatic heterocycles. The molecular formula is C17H18ClNO2. The van der Waals surface area contributed by atoms with E-state index in [1.165, 1.54) is 0 Å². The van der Waals surface area contributed by atoms with E-state index in [0.29, 0.717) is 16.8 Å². The van der Waals surface area contributed by atoms with Crippen LogP contribution in [-0.4, -0.2) is 16.8 Å². The van der Waals surface area contributed by atoms with E-state index in [-0.39, 0.29) is 11.9 Å². The van der Waals surface area contributed by atoms with Crippen LogP contribution in [0.3, 0.4) is 0 Å². The van der Waals surface area contributed by atoms with Gasteiger partial charge < -0.3 is 9.32 Å². The average Bonchev–Trinajstić information content (AvgIpc) is 3.20. The summed E-state index contributed by atoms with van der Waals surface area (Å²) in [6.45, 7) is 3.90. The van der Waals surface area contributed by atoms with Gasteiger partial charge in [-0.1, -0.05) is 23.7 Å². The van der Waals surface area contributed by atoms with Gasteiger partial charge in [0, 0.05) is 11.1 Å². The summed E-state index contributed by atoms with van der Waals surface area (Å²) in [6.07, 6.45) is 2.12. The molecule has 1 aliphatic rings. The number of hydrogen-bond acceptors (Lipinski definition) is 2. The number of carbonyl (C=O) groups is 1. The summed E-state index contributed by atoms with van der Waals surface area (Å²) in [4.78, 5) is 14.7. The minimum Gasteiger partial charge on any atom is -0.456 e. The van der Waals surface area contributed by atoms with Crippen LogP contribution < -0.4 is 0 Å². The highest BCUT2D eigenvalue weighted by atomic mass is 35.5. The van der Waals surface area contributed by atoms with E-state index in [0.717, 1.165) is 24.2 Å². The maximum atomic E-state index is 12.7. The Kier molecular flexibility index (Phi) is 3.77. The number of halogens is 1. The van der Waals surface area contributed by atoms with Crippen LogP contribution in [0.4, 0.5) is 0 Å². The largest absolute Gasteiger partial charge is 0.456 e. The van der Waals surface area contributed by atoms with Crippen molar-refractivity contribution in [2.45, 2.75) is 38.8 Å². The van der Waals surface area contributed by atoms with Gasteiger partial charge >= 0.3 is 0 Å². The van der Waals surface area contributed by atoms with E-state index in [9.17, 15) is 4.79 Å². The molecule has 21 heavy (non-hydrogen) atoms. The smallest absolute Gasteiger partial charge is 0.290 e.